The summed E-state index contributed by atoms with van der Waals surface area (Å²) in [5.41, 5.74) is 3.04. The number of hydrogen-bond donors (Lipinski definition) is 0. The van der Waals surface area contributed by atoms with Crippen LogP contribution in [0, 0.1) is 11.3 Å². The first-order chi connectivity index (χ1) is 9.81. The van der Waals surface area contributed by atoms with Gasteiger partial charge in [0.15, 0.2) is 0 Å². The van der Waals surface area contributed by atoms with Gasteiger partial charge in [-0.2, -0.15) is 0 Å². The minimum Gasteiger partial charge on any atom is -0.492 e. The smallest absolute Gasteiger partial charge is 0.123 e. The Labute approximate surface area is 134 Å². The van der Waals surface area contributed by atoms with Gasteiger partial charge in [0, 0.05) is 11.0 Å². The number of alkyl halides is 1. The SMILES string of the molecule is CC1(C)COc2ccc(C(Cl)C3CCCCC3(C)C)cc21. The molecule has 0 N–H and O–H groups in total. The Morgan fingerprint density at radius 2 is 1.95 bits per heavy atom. The molecule has 1 aliphatic heterocycles. The largest absolute Gasteiger partial charge is 0.492 e. The molecule has 0 saturated heterocycles. The molecule has 3 rings (SSSR count). The third-order valence-corrected chi connectivity index (χ3v) is 6.14. The van der Waals surface area contributed by atoms with Gasteiger partial charge in [-0.1, -0.05) is 46.6 Å². The molecular formula is C19H27ClO. The Morgan fingerprint density at radius 3 is 2.67 bits per heavy atom. The predicted molar refractivity (Wildman–Crippen MR) is 89.3 cm³/mol. The van der Waals surface area contributed by atoms with Gasteiger partial charge in [0.25, 0.3) is 0 Å². The van der Waals surface area contributed by atoms with Crippen molar-refractivity contribution in [1.29, 1.82) is 0 Å². The van der Waals surface area contributed by atoms with Crippen molar-refractivity contribution in [2.75, 3.05) is 6.61 Å². The van der Waals surface area contributed by atoms with Gasteiger partial charge >= 0.3 is 0 Å². The fourth-order valence-electron chi connectivity index (χ4n) is 4.01. The van der Waals surface area contributed by atoms with Crippen molar-refractivity contribution in [3.8, 4) is 5.75 Å². The topological polar surface area (TPSA) is 9.23 Å². The normalized spacial score (nSPS) is 27.8. The Morgan fingerprint density at radius 1 is 1.19 bits per heavy atom. The van der Waals surface area contributed by atoms with Crippen LogP contribution in [0.15, 0.2) is 18.2 Å². The molecule has 1 aromatic carbocycles. The second-order valence-electron chi connectivity index (χ2n) is 8.17. The standard InChI is InChI=1S/C19H27ClO/c1-18(2)10-6-5-7-14(18)17(20)13-8-9-16-15(11-13)19(3,4)12-21-16/h8-9,11,14,17H,5-7,10,12H2,1-4H3. The van der Waals surface area contributed by atoms with Crippen LogP contribution in [0.25, 0.3) is 0 Å². The van der Waals surface area contributed by atoms with Gasteiger partial charge in [-0.05, 0) is 41.9 Å². The van der Waals surface area contributed by atoms with E-state index in [1.54, 1.807) is 0 Å². The molecule has 1 saturated carbocycles. The third-order valence-electron chi connectivity index (χ3n) is 5.58. The molecule has 0 aromatic heterocycles. The van der Waals surface area contributed by atoms with Gasteiger partial charge in [0.1, 0.15) is 5.75 Å². The highest BCUT2D eigenvalue weighted by Gasteiger charge is 2.38. The summed E-state index contributed by atoms with van der Waals surface area (Å²) in [5, 5.41) is 0.113. The van der Waals surface area contributed by atoms with Gasteiger partial charge < -0.3 is 4.74 Å². The van der Waals surface area contributed by atoms with Crippen LogP contribution in [0.1, 0.15) is 69.9 Å². The van der Waals surface area contributed by atoms with Crippen molar-refractivity contribution < 1.29 is 4.74 Å². The molecule has 2 heteroatoms. The molecule has 0 bridgehead atoms. The molecule has 1 aromatic rings. The lowest BCUT2D eigenvalue weighted by molar-refractivity contribution is 0.133. The maximum absolute atomic E-state index is 6.92. The molecule has 0 radical (unpaired) electrons. The van der Waals surface area contributed by atoms with Crippen LogP contribution in [0.4, 0.5) is 0 Å². The van der Waals surface area contributed by atoms with Crippen LogP contribution in [0.2, 0.25) is 0 Å². The van der Waals surface area contributed by atoms with Crippen LogP contribution < -0.4 is 4.74 Å². The van der Waals surface area contributed by atoms with Crippen molar-refractivity contribution in [3.05, 3.63) is 29.3 Å². The molecule has 1 aliphatic carbocycles. The zero-order chi connectivity index (χ0) is 15.3. The van der Waals surface area contributed by atoms with E-state index < -0.39 is 0 Å². The van der Waals surface area contributed by atoms with E-state index in [2.05, 4.69) is 45.9 Å². The minimum atomic E-state index is 0.101. The first kappa shape index (κ1) is 15.2. The van der Waals surface area contributed by atoms with Crippen LogP contribution in [0.3, 0.4) is 0 Å². The number of benzene rings is 1. The second-order valence-corrected chi connectivity index (χ2v) is 8.64. The molecule has 1 heterocycles. The van der Waals surface area contributed by atoms with E-state index in [4.69, 9.17) is 16.3 Å². The lowest BCUT2D eigenvalue weighted by Gasteiger charge is -2.41. The molecule has 2 atom stereocenters. The lowest BCUT2D eigenvalue weighted by Crippen LogP contribution is -2.31. The summed E-state index contributed by atoms with van der Waals surface area (Å²) in [5.74, 6) is 1.60. The Hall–Kier alpha value is -0.690. The average Bonchev–Trinajstić information content (AvgIpc) is 2.73. The number of rotatable bonds is 2. The van der Waals surface area contributed by atoms with Gasteiger partial charge in [0.2, 0.25) is 0 Å². The molecular weight excluding hydrogens is 280 g/mol. The van der Waals surface area contributed by atoms with Crippen molar-refractivity contribution in [1.82, 2.24) is 0 Å². The fourth-order valence-corrected chi connectivity index (χ4v) is 4.61. The van der Waals surface area contributed by atoms with Gasteiger partial charge in [-0.15, -0.1) is 11.6 Å². The van der Waals surface area contributed by atoms with E-state index >= 15 is 0 Å². The highest BCUT2D eigenvalue weighted by atomic mass is 35.5. The first-order valence-corrected chi connectivity index (χ1v) is 8.66. The zero-order valence-electron chi connectivity index (χ0n) is 13.7. The molecule has 116 valence electrons. The van der Waals surface area contributed by atoms with Crippen LogP contribution >= 0.6 is 11.6 Å². The van der Waals surface area contributed by atoms with E-state index in [1.807, 2.05) is 0 Å². The molecule has 1 nitrogen and oxygen atoms in total. The van der Waals surface area contributed by atoms with Crippen LogP contribution in [0.5, 0.6) is 5.75 Å². The zero-order valence-corrected chi connectivity index (χ0v) is 14.5. The summed E-state index contributed by atoms with van der Waals surface area (Å²) in [6.45, 7) is 10.0. The summed E-state index contributed by atoms with van der Waals surface area (Å²) >= 11 is 6.92. The highest BCUT2D eigenvalue weighted by Crippen LogP contribution is 2.50. The fraction of sp³-hybridized carbons (Fsp3) is 0.684. The number of fused-ring (bicyclic) bond motifs is 1. The quantitative estimate of drug-likeness (QED) is 0.622. The Kier molecular flexibility index (Phi) is 3.76. The summed E-state index contributed by atoms with van der Waals surface area (Å²) in [6.07, 6.45) is 5.20. The summed E-state index contributed by atoms with van der Waals surface area (Å²) in [6, 6.07) is 6.58. The first-order valence-electron chi connectivity index (χ1n) is 8.23. The molecule has 0 spiro atoms. The van der Waals surface area contributed by atoms with Crippen molar-refractivity contribution in [2.45, 2.75) is 64.2 Å². The van der Waals surface area contributed by atoms with Gasteiger partial charge in [-0.3, -0.25) is 0 Å². The maximum Gasteiger partial charge on any atom is 0.123 e. The summed E-state index contributed by atoms with van der Waals surface area (Å²) in [4.78, 5) is 0. The molecule has 0 amide bonds. The molecule has 21 heavy (non-hydrogen) atoms. The number of hydrogen-bond acceptors (Lipinski definition) is 1. The van der Waals surface area contributed by atoms with Crippen LogP contribution in [-0.2, 0) is 5.41 Å². The van der Waals surface area contributed by atoms with Crippen molar-refractivity contribution >= 4 is 11.6 Å². The Bertz CT molecular complexity index is 532. The van der Waals surface area contributed by atoms with E-state index in [-0.39, 0.29) is 10.8 Å². The van der Waals surface area contributed by atoms with Gasteiger partial charge in [-0.25, -0.2) is 0 Å². The molecule has 2 aliphatic rings. The minimum absolute atomic E-state index is 0.101. The van der Waals surface area contributed by atoms with E-state index in [1.165, 1.54) is 36.8 Å². The van der Waals surface area contributed by atoms with Crippen LogP contribution in [-0.4, -0.2) is 6.61 Å². The predicted octanol–water partition coefficient (Wildman–Crippen LogP) is 5.85. The second kappa shape index (κ2) is 5.19. The van der Waals surface area contributed by atoms with Gasteiger partial charge in [0.05, 0.1) is 12.0 Å². The monoisotopic (exact) mass is 306 g/mol. The average molecular weight is 307 g/mol. The van der Waals surface area contributed by atoms with E-state index in [9.17, 15) is 0 Å². The maximum atomic E-state index is 6.92. The Balaban J connectivity index is 1.90. The molecule has 2 unspecified atom stereocenters. The van der Waals surface area contributed by atoms with Crippen molar-refractivity contribution in [3.63, 3.8) is 0 Å². The van der Waals surface area contributed by atoms with E-state index in [0.717, 1.165) is 12.4 Å². The third kappa shape index (κ3) is 2.70. The molecule has 1 fully saturated rings. The summed E-state index contributed by atoms with van der Waals surface area (Å²) in [7, 11) is 0. The number of ether oxygens (including phenoxy) is 1. The summed E-state index contributed by atoms with van der Waals surface area (Å²) < 4.78 is 5.79. The lowest BCUT2D eigenvalue weighted by atomic mass is 9.66. The van der Waals surface area contributed by atoms with Crippen molar-refractivity contribution in [2.24, 2.45) is 11.3 Å². The highest BCUT2D eigenvalue weighted by molar-refractivity contribution is 6.21. The number of halogens is 1. The van der Waals surface area contributed by atoms with E-state index in [0.29, 0.717) is 11.3 Å².